The highest BCUT2D eigenvalue weighted by Gasteiger charge is 2.43. The maximum atomic E-state index is 12.5. The van der Waals surface area contributed by atoms with Crippen LogP contribution in [0.1, 0.15) is 19.4 Å². The van der Waals surface area contributed by atoms with E-state index in [0.717, 1.165) is 12.1 Å². The molecular weight excluding hydrogens is 277 g/mol. The van der Waals surface area contributed by atoms with E-state index in [0.29, 0.717) is 5.19 Å². The molecule has 1 aromatic rings. The molecule has 0 heterocycles. The van der Waals surface area contributed by atoms with Crippen LogP contribution in [0.15, 0.2) is 24.3 Å². The minimum atomic E-state index is -4.36. The van der Waals surface area contributed by atoms with E-state index in [1.54, 1.807) is 0 Å². The summed E-state index contributed by atoms with van der Waals surface area (Å²) in [5.74, 6) is 0. The van der Waals surface area contributed by atoms with E-state index in [-0.39, 0.29) is 6.10 Å². The van der Waals surface area contributed by atoms with Gasteiger partial charge < -0.3 is 13.3 Å². The van der Waals surface area contributed by atoms with Gasteiger partial charge >= 0.3 is 15.0 Å². The summed E-state index contributed by atoms with van der Waals surface area (Å²) in [6.07, 6.45) is -4.52. The predicted octanol–water partition coefficient (Wildman–Crippen LogP) is 2.57. The highest BCUT2D eigenvalue weighted by molar-refractivity contribution is 6.75. The fraction of sp³-hybridized carbons (Fsp3) is 0.500. The van der Waals surface area contributed by atoms with Crippen LogP contribution in [0.25, 0.3) is 0 Å². The van der Waals surface area contributed by atoms with Crippen molar-refractivity contribution in [3.8, 4) is 0 Å². The summed E-state index contributed by atoms with van der Waals surface area (Å²) in [5.41, 5.74) is -0.712. The summed E-state index contributed by atoms with van der Waals surface area (Å²) in [5, 5.41) is 0.499. The second-order valence-electron chi connectivity index (χ2n) is 4.21. The molecule has 7 heteroatoms. The van der Waals surface area contributed by atoms with Crippen LogP contribution in [0.3, 0.4) is 0 Å². The Labute approximate surface area is 111 Å². The lowest BCUT2D eigenvalue weighted by molar-refractivity contribution is -0.137. The zero-order valence-electron chi connectivity index (χ0n) is 11.2. The minimum Gasteiger partial charge on any atom is -0.373 e. The third kappa shape index (κ3) is 3.79. The Bertz CT molecular complexity index is 400. The average Bonchev–Trinajstić information content (AvgIpc) is 2.35. The molecule has 0 saturated carbocycles. The van der Waals surface area contributed by atoms with Crippen LogP contribution in [0, 0.1) is 0 Å². The smallest absolute Gasteiger partial charge is 0.373 e. The van der Waals surface area contributed by atoms with E-state index in [4.69, 9.17) is 13.3 Å². The summed E-state index contributed by atoms with van der Waals surface area (Å²) < 4.78 is 53.8. The molecule has 3 nitrogen and oxygen atoms in total. The normalized spacial score (nSPS) is 13.1. The molecule has 0 radical (unpaired) electrons. The van der Waals surface area contributed by atoms with Crippen LogP contribution in [0.5, 0.6) is 0 Å². The average molecular weight is 294 g/mol. The van der Waals surface area contributed by atoms with Gasteiger partial charge in [0.1, 0.15) is 0 Å². The van der Waals surface area contributed by atoms with Gasteiger partial charge in [-0.1, -0.05) is 12.1 Å². The fourth-order valence-electron chi connectivity index (χ4n) is 1.66. The van der Waals surface area contributed by atoms with Gasteiger partial charge in [0.05, 0.1) is 5.56 Å². The first-order valence-corrected chi connectivity index (χ1v) is 7.43. The first-order chi connectivity index (χ1) is 8.75. The summed E-state index contributed by atoms with van der Waals surface area (Å²) in [7, 11) is -0.279. The van der Waals surface area contributed by atoms with Crippen molar-refractivity contribution in [3.63, 3.8) is 0 Å². The van der Waals surface area contributed by atoms with E-state index in [2.05, 4.69) is 0 Å². The number of hydrogen-bond acceptors (Lipinski definition) is 3. The standard InChI is InChI=1S/C12H17F3O3Si/c1-9(2)18-19(16-3,17-4)11-7-5-10(6-8-11)12(13,14)15/h5-9H,1-4H3. The molecule has 0 fully saturated rings. The van der Waals surface area contributed by atoms with Gasteiger partial charge in [-0.25, -0.2) is 0 Å². The zero-order chi connectivity index (χ0) is 14.7. The number of alkyl halides is 3. The predicted molar refractivity (Wildman–Crippen MR) is 67.1 cm³/mol. The van der Waals surface area contributed by atoms with Gasteiger partial charge in [-0.05, 0) is 26.0 Å². The Morgan fingerprint density at radius 1 is 1.00 bits per heavy atom. The molecule has 1 rings (SSSR count). The Kier molecular flexibility index (Phi) is 5.14. The lowest BCUT2D eigenvalue weighted by Gasteiger charge is -2.28. The Morgan fingerprint density at radius 3 is 1.79 bits per heavy atom. The largest absolute Gasteiger partial charge is 0.536 e. The molecule has 0 N–H and O–H groups in total. The monoisotopic (exact) mass is 294 g/mol. The Balaban J connectivity index is 3.11. The van der Waals surface area contributed by atoms with Gasteiger partial charge in [-0.2, -0.15) is 13.2 Å². The molecule has 0 aliphatic carbocycles. The second kappa shape index (κ2) is 6.04. The molecule has 0 amide bonds. The van der Waals surface area contributed by atoms with Gasteiger partial charge in [0.15, 0.2) is 0 Å². The highest BCUT2D eigenvalue weighted by atomic mass is 28.4. The molecular formula is C12H17F3O3Si. The van der Waals surface area contributed by atoms with Crippen molar-refractivity contribution < 1.29 is 26.4 Å². The topological polar surface area (TPSA) is 27.7 Å². The SMILES string of the molecule is CO[Si](OC)(OC(C)C)c1ccc(C(F)(F)F)cc1. The Hall–Kier alpha value is -0.893. The molecule has 0 aliphatic heterocycles. The van der Waals surface area contributed by atoms with Crippen LogP contribution in [-0.2, 0) is 19.5 Å². The van der Waals surface area contributed by atoms with Crippen LogP contribution in [0.4, 0.5) is 13.2 Å². The van der Waals surface area contributed by atoms with Crippen molar-refractivity contribution in [2.45, 2.75) is 26.1 Å². The molecule has 108 valence electrons. The van der Waals surface area contributed by atoms with Gasteiger partial charge in [0.25, 0.3) is 0 Å². The first kappa shape index (κ1) is 16.2. The zero-order valence-corrected chi connectivity index (χ0v) is 12.2. The third-order valence-electron chi connectivity index (χ3n) is 2.49. The van der Waals surface area contributed by atoms with E-state index in [9.17, 15) is 13.2 Å². The molecule has 0 spiro atoms. The number of benzene rings is 1. The van der Waals surface area contributed by atoms with Gasteiger partial charge in [0, 0.05) is 25.5 Å². The summed E-state index contributed by atoms with van der Waals surface area (Å²) in [6, 6.07) is 4.67. The minimum absolute atomic E-state index is 0.158. The molecule has 0 aromatic heterocycles. The molecule has 0 saturated heterocycles. The first-order valence-electron chi connectivity index (χ1n) is 5.71. The molecule has 0 atom stereocenters. The summed E-state index contributed by atoms with van der Waals surface area (Å²) >= 11 is 0. The van der Waals surface area contributed by atoms with Gasteiger partial charge in [-0.15, -0.1) is 0 Å². The molecule has 0 unspecified atom stereocenters. The quantitative estimate of drug-likeness (QED) is 0.781. The van der Waals surface area contributed by atoms with E-state index >= 15 is 0 Å². The lowest BCUT2D eigenvalue weighted by atomic mass is 10.2. The Morgan fingerprint density at radius 2 is 1.47 bits per heavy atom. The van der Waals surface area contributed by atoms with Crippen molar-refractivity contribution >= 4 is 14.0 Å². The summed E-state index contributed by atoms with van der Waals surface area (Å²) in [4.78, 5) is 0. The highest BCUT2D eigenvalue weighted by Crippen LogP contribution is 2.28. The molecule has 0 aliphatic rings. The molecule has 19 heavy (non-hydrogen) atoms. The van der Waals surface area contributed by atoms with Crippen LogP contribution in [-0.4, -0.2) is 29.1 Å². The van der Waals surface area contributed by atoms with E-state index in [1.165, 1.54) is 26.4 Å². The molecule has 1 aromatic carbocycles. The lowest BCUT2D eigenvalue weighted by Crippen LogP contribution is -2.56. The number of hydrogen-bond donors (Lipinski definition) is 0. The van der Waals surface area contributed by atoms with Crippen LogP contribution in [0.2, 0.25) is 0 Å². The van der Waals surface area contributed by atoms with Crippen LogP contribution >= 0.6 is 0 Å². The van der Waals surface area contributed by atoms with Crippen molar-refractivity contribution in [3.05, 3.63) is 29.8 Å². The maximum absolute atomic E-state index is 12.5. The van der Waals surface area contributed by atoms with Gasteiger partial charge in [-0.3, -0.25) is 0 Å². The van der Waals surface area contributed by atoms with Crippen molar-refractivity contribution in [1.29, 1.82) is 0 Å². The number of rotatable bonds is 5. The summed E-state index contributed by atoms with van der Waals surface area (Å²) in [6.45, 7) is 3.62. The fourth-order valence-corrected chi connectivity index (χ4v) is 3.82. The van der Waals surface area contributed by atoms with Gasteiger partial charge in [0.2, 0.25) is 0 Å². The van der Waals surface area contributed by atoms with E-state index in [1.807, 2.05) is 13.8 Å². The number of halogens is 3. The molecule has 0 bridgehead atoms. The second-order valence-corrected chi connectivity index (χ2v) is 6.95. The van der Waals surface area contributed by atoms with E-state index < -0.39 is 20.5 Å². The maximum Gasteiger partial charge on any atom is 0.536 e. The van der Waals surface area contributed by atoms with Crippen molar-refractivity contribution in [2.75, 3.05) is 14.2 Å². The van der Waals surface area contributed by atoms with Crippen LogP contribution < -0.4 is 5.19 Å². The third-order valence-corrected chi connectivity index (χ3v) is 5.39. The van der Waals surface area contributed by atoms with Crippen molar-refractivity contribution in [2.24, 2.45) is 0 Å². The van der Waals surface area contributed by atoms with Crippen molar-refractivity contribution in [1.82, 2.24) is 0 Å².